The number of benzene rings is 2. The first-order valence-electron chi connectivity index (χ1n) is 9.94. The summed E-state index contributed by atoms with van der Waals surface area (Å²) in [5, 5.41) is 10.3. The van der Waals surface area contributed by atoms with E-state index in [9.17, 15) is 10.1 Å². The van der Waals surface area contributed by atoms with Crippen molar-refractivity contribution >= 4 is 17.6 Å². The van der Waals surface area contributed by atoms with Crippen LogP contribution in [-0.2, 0) is 9.53 Å². The van der Waals surface area contributed by atoms with Crippen LogP contribution in [0, 0.1) is 22.7 Å². The molecule has 4 rings (SSSR count). The summed E-state index contributed by atoms with van der Waals surface area (Å²) >= 11 is 5.98. The Morgan fingerprint density at radius 1 is 1.13 bits per heavy atom. The summed E-state index contributed by atoms with van der Waals surface area (Å²) in [6.07, 6.45) is 0.486. The Balaban J connectivity index is 1.48. The maximum Gasteiger partial charge on any atom is 0.311 e. The number of ether oxygens (including phenoxy) is 2. The van der Waals surface area contributed by atoms with E-state index in [2.05, 4.69) is 11.1 Å². The molecule has 3 atom stereocenters. The van der Waals surface area contributed by atoms with Gasteiger partial charge in [-0.25, -0.2) is 4.98 Å². The van der Waals surface area contributed by atoms with Crippen molar-refractivity contribution in [1.82, 2.24) is 4.98 Å². The second-order valence-corrected chi connectivity index (χ2v) is 8.55. The summed E-state index contributed by atoms with van der Waals surface area (Å²) in [5.41, 5.74) is 1.29. The lowest BCUT2D eigenvalue weighted by Gasteiger charge is -2.13. The quantitative estimate of drug-likeness (QED) is 0.441. The van der Waals surface area contributed by atoms with Crippen LogP contribution in [0.5, 0.6) is 11.6 Å². The van der Waals surface area contributed by atoms with Gasteiger partial charge in [0.1, 0.15) is 11.8 Å². The number of carbonyl (C=O) groups excluding carboxylic acids is 1. The minimum atomic E-state index is -1.05. The first-order chi connectivity index (χ1) is 14.9. The number of nitriles is 1. The number of rotatable bonds is 6. The van der Waals surface area contributed by atoms with Gasteiger partial charge >= 0.3 is 5.97 Å². The minimum absolute atomic E-state index is 0.0195. The fourth-order valence-corrected chi connectivity index (χ4v) is 4.11. The Morgan fingerprint density at radius 3 is 2.52 bits per heavy atom. The summed E-state index contributed by atoms with van der Waals surface area (Å²) in [5.74, 6) is 0.255. The topological polar surface area (TPSA) is 72.2 Å². The third-order valence-corrected chi connectivity index (χ3v) is 5.94. The highest BCUT2D eigenvalue weighted by Crippen LogP contribution is 2.65. The van der Waals surface area contributed by atoms with E-state index in [0.717, 1.165) is 5.56 Å². The first kappa shape index (κ1) is 20.9. The molecule has 0 saturated heterocycles. The van der Waals surface area contributed by atoms with Crippen molar-refractivity contribution in [1.29, 1.82) is 5.26 Å². The predicted molar refractivity (Wildman–Crippen MR) is 117 cm³/mol. The monoisotopic (exact) mass is 432 g/mol. The molecule has 0 N–H and O–H groups in total. The van der Waals surface area contributed by atoms with Crippen LogP contribution in [0.4, 0.5) is 0 Å². The predicted octanol–water partition coefficient (Wildman–Crippen LogP) is 6.07. The molecule has 1 aliphatic carbocycles. The SMILES string of the molecule is CC1(C)C(C(=O)OC(C#N)c2ccnc(Oc3ccccc3)c2)C1c1ccc(Cl)cc1. The molecule has 31 heavy (non-hydrogen) atoms. The van der Waals surface area contributed by atoms with Crippen LogP contribution in [0.25, 0.3) is 0 Å². The molecule has 0 aliphatic heterocycles. The molecule has 0 amide bonds. The Kier molecular flexibility index (Phi) is 5.67. The number of esters is 1. The second kappa shape index (κ2) is 8.41. The largest absolute Gasteiger partial charge is 0.442 e. The number of hydrogen-bond donors (Lipinski definition) is 0. The van der Waals surface area contributed by atoms with Crippen LogP contribution in [-0.4, -0.2) is 11.0 Å². The highest BCUT2D eigenvalue weighted by atomic mass is 35.5. The van der Waals surface area contributed by atoms with Gasteiger partial charge in [0.25, 0.3) is 0 Å². The Bertz CT molecular complexity index is 1120. The lowest BCUT2D eigenvalue weighted by Crippen LogP contribution is -2.14. The number of aromatic nitrogens is 1. The Morgan fingerprint density at radius 2 is 1.84 bits per heavy atom. The summed E-state index contributed by atoms with van der Waals surface area (Å²) in [6.45, 7) is 4.05. The van der Waals surface area contributed by atoms with E-state index in [1.54, 1.807) is 12.1 Å². The molecule has 1 fully saturated rings. The van der Waals surface area contributed by atoms with E-state index in [4.69, 9.17) is 21.1 Å². The third kappa shape index (κ3) is 4.40. The standard InChI is InChI=1S/C25H21ClN2O3/c1-25(2)22(16-8-10-18(26)11-9-16)23(25)24(29)31-20(15-27)17-12-13-28-21(14-17)30-19-6-4-3-5-7-19/h3-14,20,22-23H,1-2H3. The molecular weight excluding hydrogens is 412 g/mol. The van der Waals surface area contributed by atoms with Gasteiger partial charge in [0.15, 0.2) is 0 Å². The third-order valence-electron chi connectivity index (χ3n) is 5.69. The number of halogens is 1. The fourth-order valence-electron chi connectivity index (χ4n) is 3.98. The molecule has 0 radical (unpaired) electrons. The zero-order valence-corrected chi connectivity index (χ0v) is 17.9. The molecule has 3 aromatic rings. The van der Waals surface area contributed by atoms with Gasteiger partial charge in [0.2, 0.25) is 12.0 Å². The van der Waals surface area contributed by atoms with Gasteiger partial charge < -0.3 is 9.47 Å². The number of carbonyl (C=O) groups is 1. The normalized spacial score (nSPS) is 19.7. The van der Waals surface area contributed by atoms with Gasteiger partial charge in [-0.05, 0) is 41.3 Å². The van der Waals surface area contributed by atoms with Crippen molar-refractivity contribution in [3.05, 3.63) is 89.1 Å². The van der Waals surface area contributed by atoms with Crippen LogP contribution in [0.2, 0.25) is 5.02 Å². The summed E-state index contributed by atoms with van der Waals surface area (Å²) in [6, 6.07) is 22.0. The van der Waals surface area contributed by atoms with Crippen molar-refractivity contribution in [2.75, 3.05) is 0 Å². The average molecular weight is 433 g/mol. The van der Waals surface area contributed by atoms with Crippen LogP contribution in [0.3, 0.4) is 0 Å². The number of hydrogen-bond acceptors (Lipinski definition) is 5. The van der Waals surface area contributed by atoms with Gasteiger partial charge in [-0.3, -0.25) is 4.79 Å². The summed E-state index contributed by atoms with van der Waals surface area (Å²) in [4.78, 5) is 17.1. The summed E-state index contributed by atoms with van der Waals surface area (Å²) in [7, 11) is 0. The fraction of sp³-hybridized carbons (Fsp3) is 0.240. The van der Waals surface area contributed by atoms with Crippen LogP contribution >= 0.6 is 11.6 Å². The highest BCUT2D eigenvalue weighted by molar-refractivity contribution is 6.30. The zero-order valence-electron chi connectivity index (χ0n) is 17.2. The van der Waals surface area contributed by atoms with Crippen molar-refractivity contribution in [3.8, 4) is 17.7 Å². The molecule has 1 aromatic heterocycles. The number of pyridine rings is 1. The van der Waals surface area contributed by atoms with Crippen LogP contribution in [0.15, 0.2) is 72.9 Å². The molecule has 0 spiro atoms. The second-order valence-electron chi connectivity index (χ2n) is 8.12. The van der Waals surface area contributed by atoms with Gasteiger partial charge in [-0.1, -0.05) is 55.8 Å². The average Bonchev–Trinajstić information content (AvgIpc) is 3.35. The van der Waals surface area contributed by atoms with Crippen molar-refractivity contribution in [3.63, 3.8) is 0 Å². The van der Waals surface area contributed by atoms with Crippen LogP contribution in [0.1, 0.15) is 37.0 Å². The van der Waals surface area contributed by atoms with Crippen molar-refractivity contribution in [2.24, 2.45) is 11.3 Å². The Labute approximate surface area is 186 Å². The van der Waals surface area contributed by atoms with Gasteiger partial charge in [0, 0.05) is 28.8 Å². The van der Waals surface area contributed by atoms with E-state index in [1.165, 1.54) is 6.20 Å². The molecule has 2 aromatic carbocycles. The van der Waals surface area contributed by atoms with Gasteiger partial charge in [-0.15, -0.1) is 0 Å². The smallest absolute Gasteiger partial charge is 0.311 e. The van der Waals surface area contributed by atoms with E-state index in [-0.39, 0.29) is 23.2 Å². The lowest BCUT2D eigenvalue weighted by atomic mass is 10.0. The summed E-state index contributed by atoms with van der Waals surface area (Å²) < 4.78 is 11.3. The van der Waals surface area contributed by atoms with E-state index < -0.39 is 6.10 Å². The molecule has 3 unspecified atom stereocenters. The van der Waals surface area contributed by atoms with Gasteiger partial charge in [0.05, 0.1) is 5.92 Å². The van der Waals surface area contributed by atoms with Crippen molar-refractivity contribution < 1.29 is 14.3 Å². The van der Waals surface area contributed by atoms with Crippen LogP contribution < -0.4 is 4.74 Å². The van der Waals surface area contributed by atoms with E-state index in [0.29, 0.717) is 22.2 Å². The Hall–Kier alpha value is -3.36. The number of nitrogens with zero attached hydrogens (tertiary/aromatic N) is 2. The maximum absolute atomic E-state index is 12.9. The lowest BCUT2D eigenvalue weighted by molar-refractivity contribution is -0.149. The number of para-hydroxylation sites is 1. The highest BCUT2D eigenvalue weighted by Gasteiger charge is 2.63. The molecule has 0 bridgehead atoms. The molecular formula is C25H21ClN2O3. The van der Waals surface area contributed by atoms with Crippen molar-refractivity contribution in [2.45, 2.75) is 25.9 Å². The molecule has 1 aliphatic rings. The molecule has 1 heterocycles. The minimum Gasteiger partial charge on any atom is -0.442 e. The zero-order chi connectivity index (χ0) is 22.0. The molecule has 6 heteroatoms. The molecule has 156 valence electrons. The van der Waals surface area contributed by atoms with E-state index >= 15 is 0 Å². The van der Waals surface area contributed by atoms with Gasteiger partial charge in [-0.2, -0.15) is 5.26 Å². The van der Waals surface area contributed by atoms with E-state index in [1.807, 2.05) is 68.4 Å². The first-order valence-corrected chi connectivity index (χ1v) is 10.3. The maximum atomic E-state index is 12.9. The molecule has 5 nitrogen and oxygen atoms in total. The molecule has 1 saturated carbocycles.